The van der Waals surface area contributed by atoms with Crippen LogP contribution in [0.15, 0.2) is 68.8 Å². The van der Waals surface area contributed by atoms with E-state index in [0.29, 0.717) is 0 Å². The standard InChI is InChI=1S/C19H25N/c1-5-10-16-12-9-13-18(17(16)11-6-2)19(20,14-7-3)15-8-4/h5-9,12-13H,1-4,10-11,14-15,20H2. The first kappa shape index (κ1) is 16.2. The lowest BCUT2D eigenvalue weighted by Gasteiger charge is -2.31. The Bertz CT molecular complexity index is 486. The molecule has 106 valence electrons. The van der Waals surface area contributed by atoms with E-state index in [4.69, 9.17) is 5.73 Å². The predicted molar refractivity (Wildman–Crippen MR) is 89.7 cm³/mol. The van der Waals surface area contributed by atoms with Crippen LogP contribution in [0.25, 0.3) is 0 Å². The fourth-order valence-corrected chi connectivity index (χ4v) is 2.65. The number of nitrogens with two attached hydrogens (primary N) is 1. The summed E-state index contributed by atoms with van der Waals surface area (Å²) in [6, 6.07) is 6.30. The second-order valence-corrected chi connectivity index (χ2v) is 5.07. The predicted octanol–water partition coefficient (Wildman–Crippen LogP) is 4.45. The van der Waals surface area contributed by atoms with Gasteiger partial charge in [-0.25, -0.2) is 0 Å². The van der Waals surface area contributed by atoms with E-state index in [1.54, 1.807) is 0 Å². The van der Waals surface area contributed by atoms with Gasteiger partial charge >= 0.3 is 0 Å². The number of rotatable bonds is 9. The summed E-state index contributed by atoms with van der Waals surface area (Å²) < 4.78 is 0. The lowest BCUT2D eigenvalue weighted by molar-refractivity contribution is 0.452. The Labute approximate surface area is 123 Å². The van der Waals surface area contributed by atoms with Crippen LogP contribution in [0, 0.1) is 0 Å². The van der Waals surface area contributed by atoms with Gasteiger partial charge in [-0.15, -0.1) is 26.3 Å². The van der Waals surface area contributed by atoms with Crippen LogP contribution in [0.5, 0.6) is 0 Å². The maximum Gasteiger partial charge on any atom is 0.0482 e. The Morgan fingerprint density at radius 3 is 2.00 bits per heavy atom. The van der Waals surface area contributed by atoms with Crippen LogP contribution in [0.3, 0.4) is 0 Å². The van der Waals surface area contributed by atoms with Gasteiger partial charge in [-0.1, -0.05) is 42.5 Å². The third-order valence-electron chi connectivity index (χ3n) is 3.54. The fraction of sp³-hybridized carbons (Fsp3) is 0.263. The van der Waals surface area contributed by atoms with Gasteiger partial charge in [0.25, 0.3) is 0 Å². The van der Waals surface area contributed by atoms with Gasteiger partial charge in [-0.3, -0.25) is 0 Å². The quantitative estimate of drug-likeness (QED) is 0.657. The first-order valence-corrected chi connectivity index (χ1v) is 6.96. The molecule has 1 nitrogen and oxygen atoms in total. The minimum absolute atomic E-state index is 0.445. The average Bonchev–Trinajstić information content (AvgIpc) is 2.41. The van der Waals surface area contributed by atoms with E-state index < -0.39 is 5.54 Å². The Kier molecular flexibility index (Phi) is 6.20. The van der Waals surface area contributed by atoms with Crippen molar-refractivity contribution in [1.82, 2.24) is 0 Å². The Balaban J connectivity index is 3.42. The van der Waals surface area contributed by atoms with Crippen molar-refractivity contribution in [1.29, 1.82) is 0 Å². The van der Waals surface area contributed by atoms with Gasteiger partial charge in [0.2, 0.25) is 0 Å². The minimum Gasteiger partial charge on any atom is -0.321 e. The van der Waals surface area contributed by atoms with Crippen molar-refractivity contribution in [2.24, 2.45) is 5.73 Å². The second-order valence-electron chi connectivity index (χ2n) is 5.07. The van der Waals surface area contributed by atoms with Crippen molar-refractivity contribution in [2.75, 3.05) is 0 Å². The monoisotopic (exact) mass is 267 g/mol. The summed E-state index contributed by atoms with van der Waals surface area (Å²) >= 11 is 0. The average molecular weight is 267 g/mol. The number of allylic oxidation sites excluding steroid dienone is 2. The largest absolute Gasteiger partial charge is 0.321 e. The molecule has 0 radical (unpaired) electrons. The molecule has 0 saturated carbocycles. The van der Waals surface area contributed by atoms with Crippen molar-refractivity contribution in [3.05, 3.63) is 85.5 Å². The molecule has 0 amide bonds. The number of benzene rings is 1. The summed E-state index contributed by atoms with van der Waals surface area (Å²) in [5.74, 6) is 0. The molecule has 0 heterocycles. The molecule has 0 aliphatic heterocycles. The van der Waals surface area contributed by atoms with Gasteiger partial charge in [0.15, 0.2) is 0 Å². The molecule has 0 atom stereocenters. The van der Waals surface area contributed by atoms with Gasteiger partial charge in [0.05, 0.1) is 0 Å². The van der Waals surface area contributed by atoms with Crippen LogP contribution in [0.4, 0.5) is 0 Å². The van der Waals surface area contributed by atoms with Gasteiger partial charge in [0.1, 0.15) is 0 Å². The zero-order valence-electron chi connectivity index (χ0n) is 12.3. The fourth-order valence-electron chi connectivity index (χ4n) is 2.65. The maximum absolute atomic E-state index is 6.63. The third-order valence-corrected chi connectivity index (χ3v) is 3.54. The molecule has 2 N–H and O–H groups in total. The summed E-state index contributed by atoms with van der Waals surface area (Å²) in [5.41, 5.74) is 9.87. The molecule has 1 aromatic rings. The van der Waals surface area contributed by atoms with Crippen molar-refractivity contribution in [3.63, 3.8) is 0 Å². The molecule has 20 heavy (non-hydrogen) atoms. The van der Waals surface area contributed by atoms with Crippen LogP contribution in [0.1, 0.15) is 29.5 Å². The van der Waals surface area contributed by atoms with E-state index in [9.17, 15) is 0 Å². The van der Waals surface area contributed by atoms with Gasteiger partial charge < -0.3 is 5.73 Å². The molecule has 1 heteroatoms. The maximum atomic E-state index is 6.63. The molecular weight excluding hydrogens is 242 g/mol. The van der Waals surface area contributed by atoms with Gasteiger partial charge in [0, 0.05) is 5.54 Å². The minimum atomic E-state index is -0.445. The van der Waals surface area contributed by atoms with Gasteiger partial charge in [-0.05, 0) is 42.4 Å². The highest BCUT2D eigenvalue weighted by Gasteiger charge is 2.27. The molecule has 0 aliphatic rings. The van der Waals surface area contributed by atoms with Crippen LogP contribution >= 0.6 is 0 Å². The smallest absolute Gasteiger partial charge is 0.0482 e. The van der Waals surface area contributed by atoms with Crippen LogP contribution < -0.4 is 5.73 Å². The highest BCUT2D eigenvalue weighted by Crippen LogP contribution is 2.32. The first-order chi connectivity index (χ1) is 9.62. The third kappa shape index (κ3) is 3.58. The molecule has 0 fully saturated rings. The molecule has 0 aliphatic carbocycles. The van der Waals surface area contributed by atoms with E-state index in [-0.39, 0.29) is 0 Å². The van der Waals surface area contributed by atoms with E-state index in [2.05, 4.69) is 44.5 Å². The summed E-state index contributed by atoms with van der Waals surface area (Å²) in [6.45, 7) is 15.4. The van der Waals surface area contributed by atoms with E-state index in [1.165, 1.54) is 11.1 Å². The molecule has 0 saturated heterocycles. The van der Waals surface area contributed by atoms with E-state index in [0.717, 1.165) is 31.2 Å². The molecule has 0 bridgehead atoms. The molecule has 1 rings (SSSR count). The van der Waals surface area contributed by atoms with Crippen molar-refractivity contribution in [3.8, 4) is 0 Å². The highest BCUT2D eigenvalue weighted by molar-refractivity contribution is 5.42. The Hall–Kier alpha value is -1.86. The van der Waals surface area contributed by atoms with Crippen LogP contribution in [0.2, 0.25) is 0 Å². The Morgan fingerprint density at radius 1 is 0.900 bits per heavy atom. The molecular formula is C19H25N. The lowest BCUT2D eigenvalue weighted by Crippen LogP contribution is -2.37. The molecule has 0 aromatic heterocycles. The van der Waals surface area contributed by atoms with Crippen LogP contribution in [-0.4, -0.2) is 0 Å². The topological polar surface area (TPSA) is 26.0 Å². The van der Waals surface area contributed by atoms with Crippen LogP contribution in [-0.2, 0) is 18.4 Å². The van der Waals surface area contributed by atoms with E-state index >= 15 is 0 Å². The summed E-state index contributed by atoms with van der Waals surface area (Å²) in [7, 11) is 0. The van der Waals surface area contributed by atoms with Crippen molar-refractivity contribution < 1.29 is 0 Å². The zero-order chi connectivity index (χ0) is 15.0. The summed E-state index contributed by atoms with van der Waals surface area (Å²) in [4.78, 5) is 0. The summed E-state index contributed by atoms with van der Waals surface area (Å²) in [5, 5.41) is 0. The molecule has 1 aromatic carbocycles. The lowest BCUT2D eigenvalue weighted by atomic mass is 9.79. The van der Waals surface area contributed by atoms with Crippen molar-refractivity contribution in [2.45, 2.75) is 31.2 Å². The normalized spacial score (nSPS) is 10.8. The Morgan fingerprint density at radius 2 is 1.50 bits per heavy atom. The van der Waals surface area contributed by atoms with E-state index in [1.807, 2.05) is 24.3 Å². The first-order valence-electron chi connectivity index (χ1n) is 6.96. The zero-order valence-corrected chi connectivity index (χ0v) is 12.3. The van der Waals surface area contributed by atoms with Crippen molar-refractivity contribution >= 4 is 0 Å². The molecule has 0 unspecified atom stereocenters. The highest BCUT2D eigenvalue weighted by atomic mass is 14.7. The SMILES string of the molecule is C=CCc1cccc(C(N)(CC=C)CC=C)c1CC=C. The molecule has 0 spiro atoms. The van der Waals surface area contributed by atoms with Gasteiger partial charge in [-0.2, -0.15) is 0 Å². The second kappa shape index (κ2) is 7.66. The number of hydrogen-bond acceptors (Lipinski definition) is 1. The summed E-state index contributed by atoms with van der Waals surface area (Å²) in [6.07, 6.45) is 10.7. The number of hydrogen-bond donors (Lipinski definition) is 1.